The first-order valence-corrected chi connectivity index (χ1v) is 6.86. The van der Waals surface area contributed by atoms with Gasteiger partial charge in [0.05, 0.1) is 0 Å². The van der Waals surface area contributed by atoms with E-state index in [-0.39, 0.29) is 23.0 Å². The van der Waals surface area contributed by atoms with Gasteiger partial charge in [0.2, 0.25) is 5.79 Å². The molecular formula is C15H20O4. The Morgan fingerprint density at radius 3 is 2.58 bits per heavy atom. The van der Waals surface area contributed by atoms with Gasteiger partial charge in [0.15, 0.2) is 0 Å². The molecule has 5 atom stereocenters. The fraction of sp³-hybridized carbons (Fsp3) is 0.733. The summed E-state index contributed by atoms with van der Waals surface area (Å²) in [5.74, 6) is -1.78. The minimum absolute atomic E-state index is 0.178. The Labute approximate surface area is 112 Å². The number of Topliss-reactive ketones (excluding diaryl/α,β-unsaturated/α-hetero) is 1. The van der Waals surface area contributed by atoms with E-state index in [2.05, 4.69) is 0 Å². The molecule has 0 spiro atoms. The van der Waals surface area contributed by atoms with Crippen molar-refractivity contribution in [2.75, 3.05) is 0 Å². The van der Waals surface area contributed by atoms with Crippen molar-refractivity contribution in [1.29, 1.82) is 0 Å². The Morgan fingerprint density at radius 1 is 1.32 bits per heavy atom. The lowest BCUT2D eigenvalue weighted by Gasteiger charge is -2.54. The number of aliphatic hydroxyl groups is 1. The fourth-order valence-corrected chi connectivity index (χ4v) is 4.54. The second-order valence-electron chi connectivity index (χ2n) is 6.85. The quantitative estimate of drug-likeness (QED) is 0.678. The number of hydrogen-bond donors (Lipinski definition) is 1. The maximum Gasteiger partial charge on any atom is 0.333 e. The average Bonchev–Trinajstić information content (AvgIpc) is 2.67. The normalized spacial score (nSPS) is 52.6. The topological polar surface area (TPSA) is 63.6 Å². The van der Waals surface area contributed by atoms with Gasteiger partial charge in [-0.05, 0) is 17.3 Å². The number of esters is 1. The lowest BCUT2D eigenvalue weighted by molar-refractivity contribution is -0.217. The summed E-state index contributed by atoms with van der Waals surface area (Å²) < 4.78 is 5.14. The highest BCUT2D eigenvalue weighted by molar-refractivity contribution is 5.92. The van der Waals surface area contributed by atoms with Crippen LogP contribution < -0.4 is 0 Å². The molecule has 2 saturated carbocycles. The predicted molar refractivity (Wildman–Crippen MR) is 67.9 cm³/mol. The average molecular weight is 264 g/mol. The summed E-state index contributed by atoms with van der Waals surface area (Å²) in [6.45, 7) is 7.99. The molecule has 1 heterocycles. The van der Waals surface area contributed by atoms with Crippen molar-refractivity contribution in [3.05, 3.63) is 11.6 Å². The molecule has 0 radical (unpaired) electrons. The van der Waals surface area contributed by atoms with E-state index in [0.29, 0.717) is 18.4 Å². The molecule has 104 valence electrons. The Hall–Kier alpha value is -1.16. The SMILES string of the molecule is CC1CC(=O)C2(C)C(C)C3=CC(=O)OC3(O)CC12C. The van der Waals surface area contributed by atoms with Crippen LogP contribution >= 0.6 is 0 Å². The highest BCUT2D eigenvalue weighted by Crippen LogP contribution is 2.67. The van der Waals surface area contributed by atoms with E-state index in [1.54, 1.807) is 0 Å². The van der Waals surface area contributed by atoms with E-state index in [1.165, 1.54) is 6.08 Å². The summed E-state index contributed by atoms with van der Waals surface area (Å²) in [5.41, 5.74) is -0.307. The van der Waals surface area contributed by atoms with Crippen LogP contribution in [0.25, 0.3) is 0 Å². The molecule has 1 N–H and O–H groups in total. The fourth-order valence-electron chi connectivity index (χ4n) is 4.54. The lowest BCUT2D eigenvalue weighted by Crippen LogP contribution is -2.57. The minimum atomic E-state index is -1.51. The number of ketones is 1. The van der Waals surface area contributed by atoms with Crippen molar-refractivity contribution in [3.8, 4) is 0 Å². The number of fused-ring (bicyclic) bond motifs is 2. The Kier molecular flexibility index (Phi) is 2.23. The standard InChI is InChI=1S/C15H20O4/c1-8-5-11(16)14(4)9(2)10-6-12(17)19-15(10,18)7-13(8,14)3/h6,8-9,18H,5,7H2,1-4H3. The van der Waals surface area contributed by atoms with E-state index in [1.807, 2.05) is 27.7 Å². The Balaban J connectivity index is 2.19. The van der Waals surface area contributed by atoms with E-state index in [0.717, 1.165) is 0 Å². The van der Waals surface area contributed by atoms with Gasteiger partial charge in [-0.25, -0.2) is 4.79 Å². The Bertz CT molecular complexity index is 522. The third kappa shape index (κ3) is 1.23. The van der Waals surface area contributed by atoms with Gasteiger partial charge in [-0.15, -0.1) is 0 Å². The lowest BCUT2D eigenvalue weighted by atomic mass is 9.50. The first-order valence-electron chi connectivity index (χ1n) is 6.86. The summed E-state index contributed by atoms with van der Waals surface area (Å²) in [6.07, 6.45) is 2.21. The van der Waals surface area contributed by atoms with Gasteiger partial charge in [0.25, 0.3) is 0 Å². The number of carbonyl (C=O) groups is 2. The van der Waals surface area contributed by atoms with Gasteiger partial charge in [-0.1, -0.05) is 27.7 Å². The molecule has 0 aromatic rings. The monoisotopic (exact) mass is 264 g/mol. The molecule has 2 fully saturated rings. The first kappa shape index (κ1) is 12.9. The maximum atomic E-state index is 12.5. The third-order valence-corrected chi connectivity index (χ3v) is 6.28. The van der Waals surface area contributed by atoms with Crippen LogP contribution in [0, 0.1) is 22.7 Å². The largest absolute Gasteiger partial charge is 0.426 e. The van der Waals surface area contributed by atoms with Gasteiger partial charge in [0, 0.05) is 29.9 Å². The molecule has 3 rings (SSSR count). The number of hydrogen-bond acceptors (Lipinski definition) is 4. The van der Waals surface area contributed by atoms with Crippen LogP contribution in [0.4, 0.5) is 0 Å². The van der Waals surface area contributed by atoms with Crippen LogP contribution in [-0.4, -0.2) is 22.6 Å². The summed E-state index contributed by atoms with van der Waals surface area (Å²) in [4.78, 5) is 24.0. The number of ether oxygens (including phenoxy) is 1. The summed E-state index contributed by atoms with van der Waals surface area (Å²) in [5, 5.41) is 10.7. The van der Waals surface area contributed by atoms with Crippen LogP contribution in [0.15, 0.2) is 11.6 Å². The van der Waals surface area contributed by atoms with Gasteiger partial charge >= 0.3 is 5.97 Å². The Morgan fingerprint density at radius 2 is 1.95 bits per heavy atom. The highest BCUT2D eigenvalue weighted by atomic mass is 16.7. The molecule has 4 nitrogen and oxygen atoms in total. The predicted octanol–water partition coefficient (Wildman–Crippen LogP) is 1.82. The van der Waals surface area contributed by atoms with Crippen molar-refractivity contribution in [1.82, 2.24) is 0 Å². The van der Waals surface area contributed by atoms with E-state index in [4.69, 9.17) is 4.74 Å². The molecule has 0 aromatic heterocycles. The molecule has 3 aliphatic rings. The maximum absolute atomic E-state index is 12.5. The first-order chi connectivity index (χ1) is 8.65. The molecule has 19 heavy (non-hydrogen) atoms. The number of rotatable bonds is 0. The highest BCUT2D eigenvalue weighted by Gasteiger charge is 2.69. The van der Waals surface area contributed by atoms with E-state index >= 15 is 0 Å². The van der Waals surface area contributed by atoms with Crippen molar-refractivity contribution >= 4 is 11.8 Å². The van der Waals surface area contributed by atoms with Crippen LogP contribution in [0.3, 0.4) is 0 Å². The van der Waals surface area contributed by atoms with Crippen LogP contribution in [0.2, 0.25) is 0 Å². The smallest absolute Gasteiger partial charge is 0.333 e. The molecule has 0 amide bonds. The van der Waals surface area contributed by atoms with Gasteiger partial charge in [0.1, 0.15) is 5.78 Å². The second-order valence-corrected chi connectivity index (χ2v) is 6.85. The van der Waals surface area contributed by atoms with Crippen molar-refractivity contribution in [2.45, 2.75) is 46.3 Å². The zero-order valence-corrected chi connectivity index (χ0v) is 11.8. The molecular weight excluding hydrogens is 244 g/mol. The molecule has 5 unspecified atom stereocenters. The zero-order chi connectivity index (χ0) is 14.2. The van der Waals surface area contributed by atoms with E-state index < -0.39 is 17.2 Å². The van der Waals surface area contributed by atoms with Crippen LogP contribution in [0.5, 0.6) is 0 Å². The number of carbonyl (C=O) groups excluding carboxylic acids is 2. The molecule has 0 aromatic carbocycles. The zero-order valence-electron chi connectivity index (χ0n) is 11.8. The van der Waals surface area contributed by atoms with Crippen molar-refractivity contribution in [3.63, 3.8) is 0 Å². The molecule has 1 aliphatic heterocycles. The van der Waals surface area contributed by atoms with Gasteiger partial charge < -0.3 is 9.84 Å². The molecule has 0 saturated heterocycles. The molecule has 2 aliphatic carbocycles. The van der Waals surface area contributed by atoms with Crippen LogP contribution in [-0.2, 0) is 14.3 Å². The van der Waals surface area contributed by atoms with Crippen LogP contribution in [0.1, 0.15) is 40.5 Å². The van der Waals surface area contributed by atoms with Gasteiger partial charge in [-0.2, -0.15) is 0 Å². The third-order valence-electron chi connectivity index (χ3n) is 6.28. The summed E-state index contributed by atoms with van der Waals surface area (Å²) >= 11 is 0. The van der Waals surface area contributed by atoms with Gasteiger partial charge in [-0.3, -0.25) is 4.79 Å². The second kappa shape index (κ2) is 3.29. The van der Waals surface area contributed by atoms with E-state index in [9.17, 15) is 14.7 Å². The van der Waals surface area contributed by atoms with Crippen molar-refractivity contribution in [2.24, 2.45) is 22.7 Å². The minimum Gasteiger partial charge on any atom is -0.426 e. The molecule has 4 heteroatoms. The summed E-state index contributed by atoms with van der Waals surface area (Å²) in [7, 11) is 0. The molecule has 0 bridgehead atoms. The van der Waals surface area contributed by atoms with Crippen molar-refractivity contribution < 1.29 is 19.4 Å². The summed E-state index contributed by atoms with van der Waals surface area (Å²) in [6, 6.07) is 0.